The normalized spacial score (nSPS) is 42.1. The van der Waals surface area contributed by atoms with Crippen molar-refractivity contribution in [2.45, 2.75) is 117 Å². The molecule has 0 saturated heterocycles. The van der Waals surface area contributed by atoms with E-state index in [-0.39, 0.29) is 28.8 Å². The molecule has 3 saturated carbocycles. The van der Waals surface area contributed by atoms with Crippen LogP contribution in [0.2, 0.25) is 0 Å². The van der Waals surface area contributed by atoms with Gasteiger partial charge in [-0.3, -0.25) is 9.59 Å². The van der Waals surface area contributed by atoms with Crippen molar-refractivity contribution in [1.82, 2.24) is 0 Å². The predicted octanol–water partition coefficient (Wildman–Crippen LogP) is 6.25. The Hall–Kier alpha value is -1.16. The van der Waals surface area contributed by atoms with Crippen molar-refractivity contribution >= 4 is 11.8 Å². The molecule has 0 aliphatic heterocycles. The van der Waals surface area contributed by atoms with E-state index in [4.69, 9.17) is 4.74 Å². The van der Waals surface area contributed by atoms with Gasteiger partial charge in [-0.2, -0.15) is 0 Å². The van der Waals surface area contributed by atoms with Crippen LogP contribution in [0.4, 0.5) is 0 Å². The fraction of sp³-hybridized carbons (Fsp3) is 0.862. The molecular weight excluding hydrogens is 412 g/mol. The van der Waals surface area contributed by atoms with Crippen LogP contribution in [0.1, 0.15) is 106 Å². The van der Waals surface area contributed by atoms with Gasteiger partial charge in [-0.1, -0.05) is 46.1 Å². The summed E-state index contributed by atoms with van der Waals surface area (Å²) in [5.74, 6) is 2.30. The van der Waals surface area contributed by atoms with Crippen molar-refractivity contribution < 1.29 is 19.4 Å². The molecule has 1 N–H and O–H groups in total. The fourth-order valence-electron chi connectivity index (χ4n) is 9.01. The molecule has 0 amide bonds. The van der Waals surface area contributed by atoms with Gasteiger partial charge in [-0.25, -0.2) is 0 Å². The van der Waals surface area contributed by atoms with Gasteiger partial charge in [0, 0.05) is 19.3 Å². The van der Waals surface area contributed by atoms with E-state index in [0.717, 1.165) is 57.8 Å². The summed E-state index contributed by atoms with van der Waals surface area (Å²) in [7, 11) is 0. The number of rotatable bonds is 6. The minimum absolute atomic E-state index is 0.0231. The second kappa shape index (κ2) is 8.81. The van der Waals surface area contributed by atoms with E-state index in [1.54, 1.807) is 0 Å². The van der Waals surface area contributed by atoms with Crippen molar-refractivity contribution in [1.29, 1.82) is 0 Å². The maximum absolute atomic E-state index is 12.1. The largest absolute Gasteiger partial charge is 0.462 e. The molecule has 0 bridgehead atoms. The average molecular weight is 459 g/mol. The van der Waals surface area contributed by atoms with Crippen LogP contribution in [0.3, 0.4) is 0 Å². The van der Waals surface area contributed by atoms with Crippen LogP contribution in [0, 0.1) is 40.4 Å². The van der Waals surface area contributed by atoms with Gasteiger partial charge >= 0.3 is 5.97 Å². The topological polar surface area (TPSA) is 63.6 Å². The maximum Gasteiger partial charge on any atom is 0.302 e. The molecule has 0 radical (unpaired) electrons. The van der Waals surface area contributed by atoms with E-state index in [1.807, 2.05) is 13.0 Å². The quantitative estimate of drug-likeness (QED) is 0.478. The number of fused-ring (bicyclic) bond motifs is 5. The number of carbonyl (C=O) groups excluding carboxylic acids is 2. The molecule has 4 heteroatoms. The van der Waals surface area contributed by atoms with Gasteiger partial charge in [0.25, 0.3) is 0 Å². The number of hydrogen-bond acceptors (Lipinski definition) is 4. The summed E-state index contributed by atoms with van der Waals surface area (Å²) in [6.07, 6.45) is 11.5. The first kappa shape index (κ1) is 24.9. The summed E-state index contributed by atoms with van der Waals surface area (Å²) in [5.41, 5.74) is 0.652. The lowest BCUT2D eigenvalue weighted by molar-refractivity contribution is -0.161. The zero-order valence-corrected chi connectivity index (χ0v) is 21.8. The van der Waals surface area contributed by atoms with E-state index in [1.165, 1.54) is 12.5 Å². The SMILES string of the molecule is CC(=O)OC1CC2C3CCC4=CC(=O)CCC4(C)C3CCC2(C)C1C(C)(O)CCCC(C)C. The fourth-order valence-corrected chi connectivity index (χ4v) is 9.01. The molecule has 4 aliphatic carbocycles. The maximum atomic E-state index is 12.1. The Morgan fingerprint density at radius 3 is 2.61 bits per heavy atom. The zero-order chi connectivity index (χ0) is 24.2. The van der Waals surface area contributed by atoms with E-state index >= 15 is 0 Å². The summed E-state index contributed by atoms with van der Waals surface area (Å²) in [5, 5.41) is 11.8. The number of ketones is 1. The first-order valence-electron chi connectivity index (χ1n) is 13.5. The molecule has 3 fully saturated rings. The number of esters is 1. The highest BCUT2D eigenvalue weighted by atomic mass is 16.5. The molecule has 0 aromatic rings. The summed E-state index contributed by atoms with van der Waals surface area (Å²) in [6.45, 7) is 12.8. The Balaban J connectivity index is 1.63. The lowest BCUT2D eigenvalue weighted by atomic mass is 9.46. The standard InChI is InChI=1S/C29H46O4/c1-18(2)8-7-13-29(6,32)26-25(33-19(3)30)17-24-22-10-9-20-16-21(31)11-14-27(20,4)23(22)12-15-28(24,26)5/h16,18,22-26,32H,7-15,17H2,1-6H3. The molecule has 8 atom stereocenters. The predicted molar refractivity (Wildman–Crippen MR) is 130 cm³/mol. The molecule has 186 valence electrons. The van der Waals surface area contributed by atoms with E-state index < -0.39 is 5.60 Å². The molecule has 4 rings (SSSR count). The zero-order valence-electron chi connectivity index (χ0n) is 21.8. The summed E-state index contributed by atoms with van der Waals surface area (Å²) >= 11 is 0. The van der Waals surface area contributed by atoms with Crippen molar-refractivity contribution in [3.63, 3.8) is 0 Å². The molecular formula is C29H46O4. The second-order valence-electron chi connectivity index (χ2n) is 13.0. The van der Waals surface area contributed by atoms with Gasteiger partial charge in [0.05, 0.1) is 5.60 Å². The summed E-state index contributed by atoms with van der Waals surface area (Å²) in [6, 6.07) is 0. The molecule has 8 unspecified atom stereocenters. The first-order chi connectivity index (χ1) is 15.4. The van der Waals surface area contributed by atoms with Crippen LogP contribution in [0.5, 0.6) is 0 Å². The lowest BCUT2D eigenvalue weighted by Gasteiger charge is -2.58. The smallest absolute Gasteiger partial charge is 0.302 e. The number of aliphatic hydroxyl groups is 1. The Labute approximate surface area is 200 Å². The van der Waals surface area contributed by atoms with Crippen LogP contribution >= 0.6 is 0 Å². The van der Waals surface area contributed by atoms with Crippen LogP contribution in [-0.2, 0) is 14.3 Å². The average Bonchev–Trinajstić information content (AvgIpc) is 3.00. The van der Waals surface area contributed by atoms with Gasteiger partial charge in [-0.15, -0.1) is 0 Å². The Morgan fingerprint density at radius 2 is 1.94 bits per heavy atom. The number of carbonyl (C=O) groups is 2. The Morgan fingerprint density at radius 1 is 1.21 bits per heavy atom. The van der Waals surface area contributed by atoms with Crippen LogP contribution in [0.15, 0.2) is 11.6 Å². The van der Waals surface area contributed by atoms with Gasteiger partial charge in [0.15, 0.2) is 5.78 Å². The lowest BCUT2D eigenvalue weighted by Crippen LogP contribution is -2.54. The summed E-state index contributed by atoms with van der Waals surface area (Å²) < 4.78 is 5.97. The third kappa shape index (κ3) is 4.34. The molecule has 0 spiro atoms. The number of hydrogen-bond donors (Lipinski definition) is 1. The third-order valence-electron chi connectivity index (χ3n) is 10.4. The van der Waals surface area contributed by atoms with Crippen LogP contribution in [-0.4, -0.2) is 28.6 Å². The van der Waals surface area contributed by atoms with Gasteiger partial charge in [0.1, 0.15) is 6.10 Å². The minimum Gasteiger partial charge on any atom is -0.462 e. The second-order valence-corrected chi connectivity index (χ2v) is 13.0. The van der Waals surface area contributed by atoms with Crippen molar-refractivity contribution in [2.75, 3.05) is 0 Å². The van der Waals surface area contributed by atoms with Gasteiger partial charge in [-0.05, 0) is 92.4 Å². The number of allylic oxidation sites excluding steroid dienone is 1. The highest BCUT2D eigenvalue weighted by molar-refractivity contribution is 5.91. The van der Waals surface area contributed by atoms with Crippen molar-refractivity contribution in [3.8, 4) is 0 Å². The van der Waals surface area contributed by atoms with E-state index in [9.17, 15) is 14.7 Å². The molecule has 4 nitrogen and oxygen atoms in total. The highest BCUT2D eigenvalue weighted by Gasteiger charge is 2.65. The highest BCUT2D eigenvalue weighted by Crippen LogP contribution is 2.68. The molecule has 0 aromatic carbocycles. The van der Waals surface area contributed by atoms with E-state index in [0.29, 0.717) is 35.9 Å². The first-order valence-corrected chi connectivity index (χ1v) is 13.5. The van der Waals surface area contributed by atoms with Gasteiger partial charge < -0.3 is 9.84 Å². The van der Waals surface area contributed by atoms with E-state index in [2.05, 4.69) is 27.7 Å². The van der Waals surface area contributed by atoms with Crippen LogP contribution < -0.4 is 0 Å². The summed E-state index contributed by atoms with van der Waals surface area (Å²) in [4.78, 5) is 24.2. The monoisotopic (exact) mass is 458 g/mol. The molecule has 33 heavy (non-hydrogen) atoms. The van der Waals surface area contributed by atoms with Crippen LogP contribution in [0.25, 0.3) is 0 Å². The Bertz CT molecular complexity index is 810. The van der Waals surface area contributed by atoms with Crippen molar-refractivity contribution in [3.05, 3.63) is 11.6 Å². The third-order valence-corrected chi connectivity index (χ3v) is 10.4. The van der Waals surface area contributed by atoms with Gasteiger partial charge in [0.2, 0.25) is 0 Å². The molecule has 0 aromatic heterocycles. The molecule has 0 heterocycles. The number of ether oxygens (including phenoxy) is 1. The molecule has 4 aliphatic rings. The Kier molecular flexibility index (Phi) is 6.66. The minimum atomic E-state index is -0.841. The van der Waals surface area contributed by atoms with Crippen molar-refractivity contribution in [2.24, 2.45) is 40.4 Å².